The molecule has 29 heavy (non-hydrogen) atoms. The fourth-order valence-corrected chi connectivity index (χ4v) is 2.60. The zero-order valence-electron chi connectivity index (χ0n) is 15.7. The van der Waals surface area contributed by atoms with Crippen LogP contribution in [-0.4, -0.2) is 29.1 Å². The lowest BCUT2D eigenvalue weighted by Crippen LogP contribution is -2.18. The largest absolute Gasteiger partial charge is 0.483 e. The molecular formula is C19H20ClF3N2O4. The van der Waals surface area contributed by atoms with E-state index in [-0.39, 0.29) is 18.6 Å². The average Bonchev–Trinajstić information content (AvgIpc) is 2.80. The van der Waals surface area contributed by atoms with Crippen LogP contribution in [-0.2, 0) is 20.5 Å². The molecule has 1 aliphatic rings. The van der Waals surface area contributed by atoms with Crippen LogP contribution < -0.4 is 5.32 Å². The minimum Gasteiger partial charge on any atom is -0.483 e. The second kappa shape index (κ2) is 11.4. The molecule has 1 aromatic heterocycles. The summed E-state index contributed by atoms with van der Waals surface area (Å²) in [6, 6.07) is 7.21. The first-order valence-corrected chi connectivity index (χ1v) is 8.88. The molecule has 10 heteroatoms. The number of amides is 1. The molecule has 0 unspecified atom stereocenters. The molecule has 1 atom stereocenters. The summed E-state index contributed by atoms with van der Waals surface area (Å²) < 4.78 is 45.0. The number of rotatable bonds is 1. The Hall–Kier alpha value is -2.65. The highest BCUT2D eigenvalue weighted by Gasteiger charge is 2.38. The Morgan fingerprint density at radius 2 is 1.93 bits per heavy atom. The fourth-order valence-electron chi connectivity index (χ4n) is 2.42. The van der Waals surface area contributed by atoms with E-state index in [1.807, 2.05) is 0 Å². The highest BCUT2D eigenvalue weighted by Crippen LogP contribution is 2.40. The van der Waals surface area contributed by atoms with Crippen LogP contribution in [0.3, 0.4) is 0 Å². The van der Waals surface area contributed by atoms with Gasteiger partial charge in [0.25, 0.3) is 6.47 Å². The molecule has 6 nitrogen and oxygen atoms in total. The molecule has 158 valence electrons. The zero-order chi connectivity index (χ0) is 22.0. The summed E-state index contributed by atoms with van der Waals surface area (Å²) in [4.78, 5) is 23.5. The first-order valence-electron chi connectivity index (χ1n) is 8.50. The van der Waals surface area contributed by atoms with Crippen LogP contribution in [0.4, 0.5) is 18.9 Å². The van der Waals surface area contributed by atoms with Crippen LogP contribution in [0.2, 0.25) is 5.02 Å². The summed E-state index contributed by atoms with van der Waals surface area (Å²) in [7, 11) is 0. The fraction of sp³-hybridized carbons (Fsp3) is 0.316. The van der Waals surface area contributed by atoms with E-state index < -0.39 is 23.9 Å². The number of carboxylic acid groups (broad SMARTS) is 1. The van der Waals surface area contributed by atoms with Crippen molar-refractivity contribution in [2.45, 2.75) is 32.5 Å². The van der Waals surface area contributed by atoms with Crippen LogP contribution in [0, 0.1) is 0 Å². The van der Waals surface area contributed by atoms with Gasteiger partial charge in [0.15, 0.2) is 5.69 Å². The molecule has 0 radical (unpaired) electrons. The number of anilines is 1. The first-order chi connectivity index (χ1) is 13.7. The third-order valence-corrected chi connectivity index (χ3v) is 3.58. The Kier molecular flexibility index (Phi) is 9.57. The summed E-state index contributed by atoms with van der Waals surface area (Å²) in [5.74, 6) is -0.450. The van der Waals surface area contributed by atoms with Crippen molar-refractivity contribution in [3.8, 4) is 0 Å². The second-order valence-electron chi connectivity index (χ2n) is 5.72. The van der Waals surface area contributed by atoms with Crippen molar-refractivity contribution >= 4 is 29.7 Å². The van der Waals surface area contributed by atoms with Gasteiger partial charge in [-0.15, -0.1) is 0 Å². The van der Waals surface area contributed by atoms with Crippen LogP contribution in [0.1, 0.15) is 43.2 Å². The van der Waals surface area contributed by atoms with Gasteiger partial charge in [-0.2, -0.15) is 13.2 Å². The van der Waals surface area contributed by atoms with Crippen molar-refractivity contribution in [3.05, 3.63) is 58.4 Å². The number of carbonyl (C=O) groups excluding carboxylic acids is 1. The number of aromatic nitrogens is 1. The maximum absolute atomic E-state index is 13.2. The molecular weight excluding hydrogens is 413 g/mol. The molecule has 0 fully saturated rings. The zero-order valence-corrected chi connectivity index (χ0v) is 16.4. The van der Waals surface area contributed by atoms with Crippen LogP contribution in [0.5, 0.6) is 0 Å². The van der Waals surface area contributed by atoms with Gasteiger partial charge in [0.1, 0.15) is 12.7 Å². The summed E-state index contributed by atoms with van der Waals surface area (Å²) in [6.45, 7) is 3.63. The minimum atomic E-state index is -4.64. The molecule has 1 amide bonds. The Labute approximate surface area is 170 Å². The summed E-state index contributed by atoms with van der Waals surface area (Å²) in [5.41, 5.74) is -0.508. The molecule has 0 aliphatic carbocycles. The summed E-state index contributed by atoms with van der Waals surface area (Å²) >= 11 is 5.94. The van der Waals surface area contributed by atoms with Crippen LogP contribution in [0.15, 0.2) is 36.5 Å². The van der Waals surface area contributed by atoms with Crippen molar-refractivity contribution in [2.24, 2.45) is 0 Å². The maximum Gasteiger partial charge on any atom is 0.433 e. The third-order valence-electron chi connectivity index (χ3n) is 3.34. The predicted octanol–water partition coefficient (Wildman–Crippen LogP) is 4.93. The van der Waals surface area contributed by atoms with E-state index in [0.717, 1.165) is 6.20 Å². The van der Waals surface area contributed by atoms with Gasteiger partial charge in [-0.25, -0.2) is 0 Å². The quantitative estimate of drug-likeness (QED) is 0.624. The third kappa shape index (κ3) is 7.03. The molecule has 0 bridgehead atoms. The van der Waals surface area contributed by atoms with Gasteiger partial charge in [0.05, 0.1) is 0 Å². The summed E-state index contributed by atoms with van der Waals surface area (Å²) in [5, 5.41) is 9.80. The number of benzene rings is 1. The Bertz CT molecular complexity index is 831. The molecule has 2 N–H and O–H groups in total. The van der Waals surface area contributed by atoms with E-state index in [4.69, 9.17) is 26.2 Å². The number of nitrogens with zero attached hydrogens (tertiary/aromatic N) is 1. The van der Waals surface area contributed by atoms with Crippen LogP contribution in [0.25, 0.3) is 0 Å². The highest BCUT2D eigenvalue weighted by atomic mass is 35.5. The number of halogens is 4. The van der Waals surface area contributed by atoms with Gasteiger partial charge in [-0.05, 0) is 24.3 Å². The van der Waals surface area contributed by atoms with Gasteiger partial charge >= 0.3 is 6.18 Å². The SMILES string of the molecule is CCC.O=C1CO[C@H](c2cccnc2C(F)(F)F)c2cc(Cl)ccc2N1.O=CO. The number of fused-ring (bicyclic) bond motifs is 1. The van der Waals surface area contributed by atoms with Crippen molar-refractivity contribution in [1.29, 1.82) is 0 Å². The maximum atomic E-state index is 13.2. The van der Waals surface area contributed by atoms with Crippen LogP contribution >= 0.6 is 11.6 Å². The minimum absolute atomic E-state index is 0.167. The Morgan fingerprint density at radius 1 is 1.31 bits per heavy atom. The van der Waals surface area contributed by atoms with E-state index in [1.165, 1.54) is 36.8 Å². The normalized spacial score (nSPS) is 15.4. The van der Waals surface area contributed by atoms with E-state index in [9.17, 15) is 18.0 Å². The predicted molar refractivity (Wildman–Crippen MR) is 102 cm³/mol. The van der Waals surface area contributed by atoms with E-state index >= 15 is 0 Å². The smallest absolute Gasteiger partial charge is 0.433 e. The number of ether oxygens (including phenoxy) is 1. The lowest BCUT2D eigenvalue weighted by atomic mass is 9.98. The van der Waals surface area contributed by atoms with Gasteiger partial charge in [0, 0.05) is 28.0 Å². The standard InChI is InChI=1S/C15H10ClF3N2O2.C3H8.CH2O2/c16-8-3-4-11-10(6-8)13(23-7-12(22)21-11)9-2-1-5-20-14(9)15(17,18)19;1-3-2;2-1-3/h1-6,13H,7H2,(H,21,22);3H2,1-2H3;1H,(H,2,3)/t13-;;/m1../s1. The average molecular weight is 433 g/mol. The van der Waals surface area contributed by atoms with Crippen molar-refractivity contribution in [2.75, 3.05) is 11.9 Å². The number of alkyl halides is 3. The van der Waals surface area contributed by atoms with E-state index in [0.29, 0.717) is 16.3 Å². The lowest BCUT2D eigenvalue weighted by molar-refractivity contribution is -0.143. The number of nitrogens with one attached hydrogen (secondary N) is 1. The number of pyridine rings is 1. The number of hydrogen-bond acceptors (Lipinski definition) is 4. The summed E-state index contributed by atoms with van der Waals surface area (Å²) in [6.07, 6.45) is -3.43. The molecule has 1 aliphatic heterocycles. The van der Waals surface area contributed by atoms with Crippen molar-refractivity contribution in [1.82, 2.24) is 4.98 Å². The highest BCUT2D eigenvalue weighted by molar-refractivity contribution is 6.30. The van der Waals surface area contributed by atoms with Gasteiger partial charge < -0.3 is 15.2 Å². The van der Waals surface area contributed by atoms with Gasteiger partial charge in [0.2, 0.25) is 5.91 Å². The molecule has 3 rings (SSSR count). The van der Waals surface area contributed by atoms with E-state index in [1.54, 1.807) is 0 Å². The Balaban J connectivity index is 0.000000626. The van der Waals surface area contributed by atoms with Gasteiger partial charge in [-0.1, -0.05) is 37.9 Å². The molecule has 0 saturated heterocycles. The molecule has 0 saturated carbocycles. The lowest BCUT2D eigenvalue weighted by Gasteiger charge is -2.21. The number of carbonyl (C=O) groups is 2. The molecule has 1 aromatic carbocycles. The molecule has 0 spiro atoms. The monoisotopic (exact) mass is 432 g/mol. The second-order valence-corrected chi connectivity index (χ2v) is 6.16. The molecule has 2 aromatic rings. The van der Waals surface area contributed by atoms with E-state index in [2.05, 4.69) is 24.1 Å². The first kappa shape index (κ1) is 24.4. The molecule has 2 heterocycles. The Morgan fingerprint density at radius 3 is 2.52 bits per heavy atom. The van der Waals surface area contributed by atoms with Gasteiger partial charge in [-0.3, -0.25) is 14.6 Å². The van der Waals surface area contributed by atoms with Crippen molar-refractivity contribution in [3.63, 3.8) is 0 Å². The number of hydrogen-bond donors (Lipinski definition) is 2. The van der Waals surface area contributed by atoms with Crippen molar-refractivity contribution < 1.29 is 32.6 Å². The topological polar surface area (TPSA) is 88.5 Å².